The minimum Gasteiger partial charge on any atom is -0.453 e. The molecule has 0 N–H and O–H groups in total. The minimum absolute atomic E-state index is 0.0353. The van der Waals surface area contributed by atoms with Gasteiger partial charge < -0.3 is 4.42 Å². The highest BCUT2D eigenvalue weighted by molar-refractivity contribution is 5.91. The summed E-state index contributed by atoms with van der Waals surface area (Å²) in [5.41, 5.74) is -0.855. The standard InChI is InChI=1S/C13H9F3O2/c1-8(17)11-6-7-12(18-11)9-4-2-3-5-10(9)13(14,15)16/h2-7H,1H3. The van der Waals surface area contributed by atoms with Gasteiger partial charge in [0.15, 0.2) is 11.5 Å². The summed E-state index contributed by atoms with van der Waals surface area (Å²) in [5, 5.41) is 0. The van der Waals surface area contributed by atoms with Gasteiger partial charge in [-0.15, -0.1) is 0 Å². The van der Waals surface area contributed by atoms with Crippen molar-refractivity contribution >= 4 is 5.78 Å². The van der Waals surface area contributed by atoms with Crippen molar-refractivity contribution in [3.8, 4) is 11.3 Å². The van der Waals surface area contributed by atoms with Crippen molar-refractivity contribution in [3.05, 3.63) is 47.7 Å². The van der Waals surface area contributed by atoms with E-state index in [0.29, 0.717) is 0 Å². The molecule has 1 aromatic heterocycles. The van der Waals surface area contributed by atoms with Crippen LogP contribution in [-0.2, 0) is 6.18 Å². The van der Waals surface area contributed by atoms with Crippen LogP contribution in [0.3, 0.4) is 0 Å². The molecule has 0 amide bonds. The van der Waals surface area contributed by atoms with Gasteiger partial charge in [0.2, 0.25) is 0 Å². The predicted octanol–water partition coefficient (Wildman–Crippen LogP) is 4.17. The topological polar surface area (TPSA) is 30.2 Å². The molecule has 1 aromatic carbocycles. The third-order valence-corrected chi connectivity index (χ3v) is 2.45. The van der Waals surface area contributed by atoms with Gasteiger partial charge in [0.1, 0.15) is 5.76 Å². The summed E-state index contributed by atoms with van der Waals surface area (Å²) in [7, 11) is 0. The second kappa shape index (κ2) is 4.33. The van der Waals surface area contributed by atoms with E-state index in [1.54, 1.807) is 0 Å². The smallest absolute Gasteiger partial charge is 0.417 e. The van der Waals surface area contributed by atoms with Gasteiger partial charge in [0.05, 0.1) is 5.56 Å². The summed E-state index contributed by atoms with van der Waals surface area (Å²) in [6.07, 6.45) is -4.46. The SMILES string of the molecule is CC(=O)c1ccc(-c2ccccc2C(F)(F)F)o1. The largest absolute Gasteiger partial charge is 0.453 e. The molecule has 0 atom stereocenters. The van der Waals surface area contributed by atoms with Crippen molar-refractivity contribution in [2.45, 2.75) is 13.1 Å². The van der Waals surface area contributed by atoms with E-state index < -0.39 is 11.7 Å². The summed E-state index contributed by atoms with van der Waals surface area (Å²) in [6, 6.07) is 7.81. The molecule has 1 heterocycles. The summed E-state index contributed by atoms with van der Waals surface area (Å²) < 4.78 is 43.5. The van der Waals surface area contributed by atoms with E-state index in [2.05, 4.69) is 0 Å². The van der Waals surface area contributed by atoms with Crippen molar-refractivity contribution in [1.82, 2.24) is 0 Å². The number of carbonyl (C=O) groups is 1. The van der Waals surface area contributed by atoms with Crippen molar-refractivity contribution in [3.63, 3.8) is 0 Å². The lowest BCUT2D eigenvalue weighted by Crippen LogP contribution is -2.06. The van der Waals surface area contributed by atoms with Crippen molar-refractivity contribution in [2.24, 2.45) is 0 Å². The third-order valence-electron chi connectivity index (χ3n) is 2.45. The first-order valence-corrected chi connectivity index (χ1v) is 5.17. The third kappa shape index (κ3) is 2.30. The lowest BCUT2D eigenvalue weighted by molar-refractivity contribution is -0.137. The van der Waals surface area contributed by atoms with Crippen LogP contribution in [0.2, 0.25) is 0 Å². The van der Waals surface area contributed by atoms with E-state index >= 15 is 0 Å². The maximum Gasteiger partial charge on any atom is 0.417 e. The zero-order valence-electron chi connectivity index (χ0n) is 9.41. The molecule has 0 saturated heterocycles. The molecule has 0 radical (unpaired) electrons. The van der Waals surface area contributed by atoms with E-state index in [-0.39, 0.29) is 22.9 Å². The molecule has 0 spiro atoms. The monoisotopic (exact) mass is 254 g/mol. The molecule has 0 saturated carbocycles. The first-order chi connectivity index (χ1) is 8.39. The van der Waals surface area contributed by atoms with Crippen molar-refractivity contribution in [1.29, 1.82) is 0 Å². The first kappa shape index (κ1) is 12.4. The van der Waals surface area contributed by atoms with E-state index in [1.165, 1.54) is 37.3 Å². The van der Waals surface area contributed by atoms with Gasteiger partial charge in [-0.05, 0) is 18.2 Å². The first-order valence-electron chi connectivity index (χ1n) is 5.17. The van der Waals surface area contributed by atoms with Crippen molar-refractivity contribution in [2.75, 3.05) is 0 Å². The van der Waals surface area contributed by atoms with E-state index in [1.807, 2.05) is 0 Å². The molecule has 0 aliphatic rings. The highest BCUT2D eigenvalue weighted by Crippen LogP contribution is 2.37. The molecule has 0 aliphatic heterocycles. The summed E-state index contributed by atoms with van der Waals surface area (Å²) >= 11 is 0. The fourth-order valence-electron chi connectivity index (χ4n) is 1.62. The predicted molar refractivity (Wildman–Crippen MR) is 59.2 cm³/mol. The second-order valence-electron chi connectivity index (χ2n) is 3.76. The number of alkyl halides is 3. The van der Waals surface area contributed by atoms with Gasteiger partial charge in [0, 0.05) is 12.5 Å². The number of hydrogen-bond donors (Lipinski definition) is 0. The number of Topliss-reactive ketones (excluding diaryl/α,β-unsaturated/α-hetero) is 1. The number of ketones is 1. The highest BCUT2D eigenvalue weighted by Gasteiger charge is 2.34. The molecule has 2 rings (SSSR count). The molecular formula is C13H9F3O2. The molecule has 2 aromatic rings. The number of benzene rings is 1. The van der Waals surface area contributed by atoms with Crippen LogP contribution < -0.4 is 0 Å². The minimum atomic E-state index is -4.46. The van der Waals surface area contributed by atoms with Gasteiger partial charge in [0.25, 0.3) is 0 Å². The van der Waals surface area contributed by atoms with Crippen molar-refractivity contribution < 1.29 is 22.4 Å². The van der Waals surface area contributed by atoms with Gasteiger partial charge in [-0.1, -0.05) is 18.2 Å². The Balaban J connectivity index is 2.53. The summed E-state index contributed by atoms with van der Waals surface area (Å²) in [4.78, 5) is 11.1. The Kier molecular flexibility index (Phi) is 2.98. The molecular weight excluding hydrogens is 245 g/mol. The van der Waals surface area contributed by atoms with Gasteiger partial charge in [-0.3, -0.25) is 4.79 Å². The molecule has 18 heavy (non-hydrogen) atoms. The Morgan fingerprint density at radius 1 is 1.11 bits per heavy atom. The molecule has 0 fully saturated rings. The summed E-state index contributed by atoms with van der Waals surface area (Å²) in [6.45, 7) is 1.29. The Morgan fingerprint density at radius 2 is 1.78 bits per heavy atom. The fourth-order valence-corrected chi connectivity index (χ4v) is 1.62. The van der Waals surface area contributed by atoms with E-state index in [4.69, 9.17) is 4.42 Å². The van der Waals surface area contributed by atoms with E-state index in [0.717, 1.165) is 6.07 Å². The maximum absolute atomic E-state index is 12.8. The lowest BCUT2D eigenvalue weighted by atomic mass is 10.1. The number of carbonyl (C=O) groups excluding carboxylic acids is 1. The second-order valence-corrected chi connectivity index (χ2v) is 3.76. The number of hydrogen-bond acceptors (Lipinski definition) is 2. The molecule has 0 bridgehead atoms. The Hall–Kier alpha value is -2.04. The molecule has 5 heteroatoms. The van der Waals surface area contributed by atoms with Crippen LogP contribution in [-0.4, -0.2) is 5.78 Å². The molecule has 0 aliphatic carbocycles. The number of furan rings is 1. The van der Waals surface area contributed by atoms with Crippen LogP contribution in [0.4, 0.5) is 13.2 Å². The zero-order valence-corrected chi connectivity index (χ0v) is 9.41. The molecule has 2 nitrogen and oxygen atoms in total. The number of halogens is 3. The quantitative estimate of drug-likeness (QED) is 0.753. The van der Waals surface area contributed by atoms with Crippen LogP contribution >= 0.6 is 0 Å². The van der Waals surface area contributed by atoms with Crippen LogP contribution in [0.5, 0.6) is 0 Å². The maximum atomic E-state index is 12.8. The van der Waals surface area contributed by atoms with Crippen LogP contribution in [0.25, 0.3) is 11.3 Å². The van der Waals surface area contributed by atoms with Crippen LogP contribution in [0.15, 0.2) is 40.8 Å². The van der Waals surface area contributed by atoms with Gasteiger partial charge >= 0.3 is 6.18 Å². The summed E-state index contributed by atoms with van der Waals surface area (Å²) in [5.74, 6) is -0.249. The highest BCUT2D eigenvalue weighted by atomic mass is 19.4. The van der Waals surface area contributed by atoms with Crippen LogP contribution in [0, 0.1) is 0 Å². The van der Waals surface area contributed by atoms with Gasteiger partial charge in [-0.2, -0.15) is 13.2 Å². The lowest BCUT2D eigenvalue weighted by Gasteiger charge is -2.10. The van der Waals surface area contributed by atoms with Crippen LogP contribution in [0.1, 0.15) is 23.0 Å². The number of rotatable bonds is 2. The molecule has 0 unspecified atom stereocenters. The normalized spacial score (nSPS) is 11.6. The zero-order chi connectivity index (χ0) is 13.3. The van der Waals surface area contributed by atoms with E-state index in [9.17, 15) is 18.0 Å². The Labute approximate surface area is 101 Å². The molecule has 94 valence electrons. The average Bonchev–Trinajstić information content (AvgIpc) is 2.77. The van der Waals surface area contributed by atoms with Gasteiger partial charge in [-0.25, -0.2) is 0 Å². The Morgan fingerprint density at radius 3 is 2.33 bits per heavy atom. The Bertz CT molecular complexity index is 582. The average molecular weight is 254 g/mol. The fraction of sp³-hybridized carbons (Fsp3) is 0.154.